The molecule has 4 rings (SSSR count). The maximum atomic E-state index is 13.2. The summed E-state index contributed by atoms with van der Waals surface area (Å²) in [6.07, 6.45) is -0.206. The van der Waals surface area contributed by atoms with Crippen molar-refractivity contribution < 1.29 is 24.2 Å². The predicted molar refractivity (Wildman–Crippen MR) is 128 cm³/mol. The number of hydrogen-bond acceptors (Lipinski definition) is 4. The highest BCUT2D eigenvalue weighted by Crippen LogP contribution is 2.44. The summed E-state index contributed by atoms with van der Waals surface area (Å²) < 4.78 is 5.63. The van der Waals surface area contributed by atoms with Gasteiger partial charge in [0.2, 0.25) is 5.91 Å². The molecule has 0 saturated carbocycles. The van der Waals surface area contributed by atoms with E-state index >= 15 is 0 Å². The smallest absolute Gasteiger partial charge is 0.407 e. The van der Waals surface area contributed by atoms with Crippen LogP contribution in [-0.2, 0) is 14.3 Å². The third-order valence-corrected chi connectivity index (χ3v) is 7.15. The van der Waals surface area contributed by atoms with Gasteiger partial charge >= 0.3 is 12.1 Å². The van der Waals surface area contributed by atoms with Crippen molar-refractivity contribution in [3.63, 3.8) is 0 Å². The van der Waals surface area contributed by atoms with Crippen LogP contribution in [0.25, 0.3) is 11.1 Å². The number of alkyl carbamates (subject to hydrolysis) is 1. The van der Waals surface area contributed by atoms with Crippen molar-refractivity contribution in [2.75, 3.05) is 19.7 Å². The number of carbonyl (C=O) groups excluding carboxylic acids is 2. The molecule has 0 radical (unpaired) electrons. The third kappa shape index (κ3) is 4.15. The highest BCUT2D eigenvalue weighted by molar-refractivity contribution is 5.89. The Hall–Kier alpha value is -3.35. The van der Waals surface area contributed by atoms with Gasteiger partial charge in [-0.2, -0.15) is 0 Å². The highest BCUT2D eigenvalue weighted by atomic mass is 16.5. The first-order valence-corrected chi connectivity index (χ1v) is 11.7. The summed E-state index contributed by atoms with van der Waals surface area (Å²) >= 11 is 0. The minimum atomic E-state index is -0.901. The molecule has 7 nitrogen and oxygen atoms in total. The second-order valence-electron chi connectivity index (χ2n) is 10.4. The molecule has 0 unspecified atom stereocenters. The summed E-state index contributed by atoms with van der Waals surface area (Å²) in [5.74, 6) is -1.25. The molecule has 1 saturated heterocycles. The molecule has 0 spiro atoms. The summed E-state index contributed by atoms with van der Waals surface area (Å²) in [6.45, 7) is 7.86. The first-order chi connectivity index (χ1) is 16.1. The molecular formula is C27H32N2O5. The molecule has 1 aliphatic carbocycles. The maximum Gasteiger partial charge on any atom is 0.407 e. The van der Waals surface area contributed by atoms with E-state index < -0.39 is 28.9 Å². The van der Waals surface area contributed by atoms with Crippen LogP contribution >= 0.6 is 0 Å². The van der Waals surface area contributed by atoms with E-state index in [9.17, 15) is 19.5 Å². The quantitative estimate of drug-likeness (QED) is 0.666. The largest absolute Gasteiger partial charge is 0.481 e. The lowest BCUT2D eigenvalue weighted by Gasteiger charge is -2.49. The van der Waals surface area contributed by atoms with Gasteiger partial charge in [0.1, 0.15) is 18.1 Å². The number of carbonyl (C=O) groups is 3. The number of aliphatic carboxylic acids is 1. The number of rotatable bonds is 6. The number of likely N-dealkylation sites (tertiary alicyclic amines) is 1. The summed E-state index contributed by atoms with van der Waals surface area (Å²) in [5.41, 5.74) is 3.05. The van der Waals surface area contributed by atoms with Crippen LogP contribution in [0.3, 0.4) is 0 Å². The van der Waals surface area contributed by atoms with Gasteiger partial charge in [0.15, 0.2) is 0 Å². The molecule has 0 aromatic heterocycles. The second kappa shape index (κ2) is 8.78. The zero-order valence-electron chi connectivity index (χ0n) is 20.1. The number of carboxylic acids is 1. The van der Waals surface area contributed by atoms with Crippen molar-refractivity contribution in [3.05, 3.63) is 59.7 Å². The van der Waals surface area contributed by atoms with Gasteiger partial charge in [-0.25, -0.2) is 4.79 Å². The highest BCUT2D eigenvalue weighted by Gasteiger charge is 2.52. The topological polar surface area (TPSA) is 95.9 Å². The van der Waals surface area contributed by atoms with Gasteiger partial charge in [0, 0.05) is 19.0 Å². The molecular weight excluding hydrogens is 432 g/mol. The summed E-state index contributed by atoms with van der Waals surface area (Å²) in [4.78, 5) is 39.1. The Bertz CT molecular complexity index is 1070. The van der Waals surface area contributed by atoms with Gasteiger partial charge in [-0.1, -0.05) is 76.2 Å². The normalized spacial score (nSPS) is 17.2. The minimum Gasteiger partial charge on any atom is -0.481 e. The Kier molecular flexibility index (Phi) is 6.14. The van der Waals surface area contributed by atoms with E-state index in [0.29, 0.717) is 6.42 Å². The molecule has 1 aliphatic heterocycles. The first kappa shape index (κ1) is 23.8. The fraction of sp³-hybridized carbons (Fsp3) is 0.444. The Morgan fingerprint density at radius 3 is 2.06 bits per heavy atom. The van der Waals surface area contributed by atoms with Crippen molar-refractivity contribution >= 4 is 18.0 Å². The van der Waals surface area contributed by atoms with Crippen molar-refractivity contribution in [1.29, 1.82) is 0 Å². The Morgan fingerprint density at radius 1 is 1.06 bits per heavy atom. The van der Waals surface area contributed by atoms with Crippen molar-refractivity contribution in [2.24, 2.45) is 10.8 Å². The number of ether oxygens (including phenoxy) is 1. The molecule has 1 atom stereocenters. The third-order valence-electron chi connectivity index (χ3n) is 7.15. The van der Waals surface area contributed by atoms with Gasteiger partial charge in [0.05, 0.1) is 0 Å². The van der Waals surface area contributed by atoms with Crippen LogP contribution < -0.4 is 5.32 Å². The van der Waals surface area contributed by atoms with Gasteiger partial charge in [-0.05, 0) is 34.1 Å². The summed E-state index contributed by atoms with van der Waals surface area (Å²) in [5, 5.41) is 12.3. The number of hydrogen-bond donors (Lipinski definition) is 2. The van der Waals surface area contributed by atoms with Gasteiger partial charge in [0.25, 0.3) is 0 Å². The Balaban J connectivity index is 1.43. The maximum absolute atomic E-state index is 13.2. The molecule has 2 N–H and O–H groups in total. The minimum absolute atomic E-state index is 0.0712. The molecule has 34 heavy (non-hydrogen) atoms. The lowest BCUT2D eigenvalue weighted by atomic mass is 9.76. The van der Waals surface area contributed by atoms with Crippen LogP contribution in [0.2, 0.25) is 0 Å². The average molecular weight is 465 g/mol. The monoisotopic (exact) mass is 464 g/mol. The van der Waals surface area contributed by atoms with Gasteiger partial charge < -0.3 is 20.1 Å². The molecule has 2 amide bonds. The number of nitrogens with zero attached hydrogens (tertiary/aromatic N) is 1. The number of carboxylic acid groups (broad SMARTS) is 1. The molecule has 1 heterocycles. The first-order valence-electron chi connectivity index (χ1n) is 11.7. The average Bonchev–Trinajstić information content (AvgIpc) is 3.08. The number of fused-ring (bicyclic) bond motifs is 3. The SMILES string of the molecule is CCC1(C(=O)O)CN(C(=O)[C@@H](NC(=O)OCC2c3ccccc3-c3ccccc32)C(C)(C)C)C1. The molecule has 7 heteroatoms. The van der Waals surface area contributed by atoms with Gasteiger partial charge in [-0.3, -0.25) is 9.59 Å². The zero-order valence-corrected chi connectivity index (χ0v) is 20.1. The lowest BCUT2D eigenvalue weighted by molar-refractivity contribution is -0.168. The zero-order chi connectivity index (χ0) is 24.7. The number of amides is 2. The van der Waals surface area contributed by atoms with Crippen LogP contribution in [0.15, 0.2) is 48.5 Å². The van der Waals surface area contributed by atoms with Crippen LogP contribution in [0.4, 0.5) is 4.79 Å². The van der Waals surface area contributed by atoms with E-state index in [4.69, 9.17) is 4.74 Å². The van der Waals surface area contributed by atoms with Crippen LogP contribution in [0.1, 0.15) is 51.2 Å². The van der Waals surface area contributed by atoms with Crippen LogP contribution in [0, 0.1) is 10.8 Å². The van der Waals surface area contributed by atoms with E-state index in [1.165, 1.54) is 4.90 Å². The fourth-order valence-corrected chi connectivity index (χ4v) is 4.94. The van der Waals surface area contributed by atoms with Gasteiger partial charge in [-0.15, -0.1) is 0 Å². The van der Waals surface area contributed by atoms with E-state index in [1.807, 2.05) is 52.0 Å². The number of nitrogens with one attached hydrogen (secondary N) is 1. The van der Waals surface area contributed by atoms with E-state index in [1.54, 1.807) is 0 Å². The van der Waals surface area contributed by atoms with E-state index in [2.05, 4.69) is 29.6 Å². The molecule has 2 aromatic carbocycles. The van der Waals surface area contributed by atoms with Crippen molar-refractivity contribution in [1.82, 2.24) is 10.2 Å². The predicted octanol–water partition coefficient (Wildman–Crippen LogP) is 4.26. The van der Waals surface area contributed by atoms with Crippen LogP contribution in [0.5, 0.6) is 0 Å². The summed E-state index contributed by atoms with van der Waals surface area (Å²) in [7, 11) is 0. The molecule has 180 valence electrons. The second-order valence-corrected chi connectivity index (χ2v) is 10.4. The van der Waals surface area contributed by atoms with Crippen molar-refractivity contribution in [3.8, 4) is 11.1 Å². The summed E-state index contributed by atoms with van der Waals surface area (Å²) in [6, 6.07) is 15.4. The Morgan fingerprint density at radius 2 is 1.59 bits per heavy atom. The molecule has 2 aliphatic rings. The van der Waals surface area contributed by atoms with E-state index in [0.717, 1.165) is 22.3 Å². The molecule has 0 bridgehead atoms. The number of benzene rings is 2. The lowest BCUT2D eigenvalue weighted by Crippen LogP contribution is -2.66. The molecule has 2 aromatic rings. The van der Waals surface area contributed by atoms with Crippen LogP contribution in [-0.4, -0.2) is 53.7 Å². The fourth-order valence-electron chi connectivity index (χ4n) is 4.94. The molecule has 1 fully saturated rings. The Labute approximate surface area is 200 Å². The van der Waals surface area contributed by atoms with Crippen molar-refractivity contribution in [2.45, 2.75) is 46.1 Å². The van der Waals surface area contributed by atoms with E-state index in [-0.39, 0.29) is 31.5 Å². The standard InChI is InChI=1S/C27H32N2O5/c1-5-27(24(31)32)15-29(16-27)23(30)22(26(2,3)4)28-25(33)34-14-21-19-12-8-6-10-17(19)18-11-7-9-13-20(18)21/h6-13,21-22H,5,14-16H2,1-4H3,(H,28,33)(H,31,32)/t22-/m1/s1.